The lowest BCUT2D eigenvalue weighted by Crippen LogP contribution is -2.53. The van der Waals surface area contributed by atoms with Crippen molar-refractivity contribution in [2.24, 2.45) is 15.7 Å². The first-order valence-corrected chi connectivity index (χ1v) is 7.37. The van der Waals surface area contributed by atoms with Crippen LogP contribution in [0.3, 0.4) is 0 Å². The molecule has 116 valence electrons. The van der Waals surface area contributed by atoms with Gasteiger partial charge in [-0.15, -0.1) is 0 Å². The zero-order chi connectivity index (χ0) is 16.1. The van der Waals surface area contributed by atoms with E-state index in [1.54, 1.807) is 4.90 Å². The molecule has 1 saturated heterocycles. The molecule has 0 aromatic heterocycles. The Morgan fingerprint density at radius 2 is 2.05 bits per heavy atom. The minimum Gasteiger partial charge on any atom is -0.369 e. The van der Waals surface area contributed by atoms with Gasteiger partial charge in [0.15, 0.2) is 5.66 Å². The molecule has 1 aromatic rings. The fraction of sp³-hybridized carbons (Fsp3) is 0.438. The fourth-order valence-corrected chi connectivity index (χ4v) is 3.16. The first-order valence-electron chi connectivity index (χ1n) is 7.37. The lowest BCUT2D eigenvalue weighted by atomic mass is 9.91. The number of carbonyl (C=O) groups excluding carboxylic acids is 1. The van der Waals surface area contributed by atoms with Crippen molar-refractivity contribution in [3.05, 3.63) is 34.9 Å². The van der Waals surface area contributed by atoms with Crippen molar-refractivity contribution >= 4 is 17.8 Å². The normalized spacial score (nSPS) is 24.0. The van der Waals surface area contributed by atoms with E-state index in [4.69, 9.17) is 10.7 Å². The van der Waals surface area contributed by atoms with E-state index in [1.165, 1.54) is 0 Å². The van der Waals surface area contributed by atoms with Gasteiger partial charge in [0.2, 0.25) is 17.8 Å². The molecule has 6 heteroatoms. The van der Waals surface area contributed by atoms with E-state index in [9.17, 15) is 4.79 Å². The molecule has 2 aliphatic heterocycles. The van der Waals surface area contributed by atoms with Crippen LogP contribution in [0.1, 0.15) is 29.5 Å². The molecule has 0 radical (unpaired) electrons. The third kappa shape index (κ3) is 1.98. The number of rotatable bonds is 1. The van der Waals surface area contributed by atoms with Crippen molar-refractivity contribution in [3.63, 3.8) is 0 Å². The predicted molar refractivity (Wildman–Crippen MR) is 86.4 cm³/mol. The highest BCUT2D eigenvalue weighted by atomic mass is 16.2. The Morgan fingerprint density at radius 1 is 1.32 bits per heavy atom. The molecule has 22 heavy (non-hydrogen) atoms. The van der Waals surface area contributed by atoms with Crippen LogP contribution >= 0.6 is 0 Å². The van der Waals surface area contributed by atoms with Gasteiger partial charge >= 0.3 is 0 Å². The summed E-state index contributed by atoms with van der Waals surface area (Å²) >= 11 is 0. The van der Waals surface area contributed by atoms with Gasteiger partial charge in [0.05, 0.1) is 0 Å². The average Bonchev–Trinajstić information content (AvgIpc) is 2.80. The molecule has 2 heterocycles. The van der Waals surface area contributed by atoms with E-state index < -0.39 is 5.66 Å². The Bertz CT molecular complexity index is 706. The summed E-state index contributed by atoms with van der Waals surface area (Å²) in [5, 5.41) is 0. The van der Waals surface area contributed by atoms with Crippen molar-refractivity contribution < 1.29 is 4.79 Å². The number of hydrogen-bond acceptors (Lipinski definition) is 5. The van der Waals surface area contributed by atoms with Crippen LogP contribution in [-0.4, -0.2) is 41.7 Å². The SMILES string of the molecule is Cc1ccc(C)c(C23CCC(=O)N2C(N)=NC(N(C)C)=N3)c1. The third-order valence-electron chi connectivity index (χ3n) is 4.26. The molecule has 6 nitrogen and oxygen atoms in total. The molecule has 0 saturated carbocycles. The minimum absolute atomic E-state index is 0.0243. The number of nitrogens with two attached hydrogens (primary N) is 1. The van der Waals surface area contributed by atoms with Gasteiger partial charge in [-0.05, 0) is 19.4 Å². The topological polar surface area (TPSA) is 74.3 Å². The molecule has 1 atom stereocenters. The third-order valence-corrected chi connectivity index (χ3v) is 4.26. The van der Waals surface area contributed by atoms with Gasteiger partial charge < -0.3 is 10.6 Å². The molecule has 1 fully saturated rings. The fourth-order valence-electron chi connectivity index (χ4n) is 3.16. The number of amides is 1. The van der Waals surface area contributed by atoms with Gasteiger partial charge in [-0.3, -0.25) is 9.69 Å². The van der Waals surface area contributed by atoms with Crippen LogP contribution in [0.25, 0.3) is 0 Å². The number of aliphatic imine (C=N–C) groups is 2. The highest BCUT2D eigenvalue weighted by Gasteiger charge is 2.51. The molecule has 2 aliphatic rings. The van der Waals surface area contributed by atoms with Gasteiger partial charge in [-0.25, -0.2) is 4.99 Å². The Kier molecular flexibility index (Phi) is 3.20. The molecule has 3 rings (SSSR count). The quantitative estimate of drug-likeness (QED) is 0.850. The lowest BCUT2D eigenvalue weighted by molar-refractivity contribution is -0.126. The van der Waals surface area contributed by atoms with Gasteiger partial charge in [-0.2, -0.15) is 4.99 Å². The van der Waals surface area contributed by atoms with Crippen LogP contribution in [0, 0.1) is 13.8 Å². The van der Waals surface area contributed by atoms with E-state index >= 15 is 0 Å². The second kappa shape index (κ2) is 4.83. The Balaban J connectivity index is 2.26. The molecule has 0 bridgehead atoms. The van der Waals surface area contributed by atoms with Crippen molar-refractivity contribution in [2.75, 3.05) is 14.1 Å². The van der Waals surface area contributed by atoms with E-state index in [0.717, 1.165) is 16.7 Å². The van der Waals surface area contributed by atoms with E-state index in [-0.39, 0.29) is 11.9 Å². The van der Waals surface area contributed by atoms with Crippen LogP contribution in [0.4, 0.5) is 0 Å². The maximum Gasteiger partial charge on any atom is 0.231 e. The van der Waals surface area contributed by atoms with E-state index in [0.29, 0.717) is 18.8 Å². The Morgan fingerprint density at radius 3 is 2.73 bits per heavy atom. The molecule has 0 spiro atoms. The summed E-state index contributed by atoms with van der Waals surface area (Å²) in [6, 6.07) is 6.22. The molecule has 2 N–H and O–H groups in total. The number of benzene rings is 1. The summed E-state index contributed by atoms with van der Waals surface area (Å²) < 4.78 is 0. The van der Waals surface area contributed by atoms with Gasteiger partial charge in [-0.1, -0.05) is 23.8 Å². The standard InChI is InChI=1S/C16H21N5O/c1-10-5-6-11(2)12(9-10)16-8-7-13(22)21(16)14(17)18-15(19-16)20(3)4/h5-6,9H,7-8H2,1-4H3,(H2,17,18,19). The summed E-state index contributed by atoms with van der Waals surface area (Å²) in [6.07, 6.45) is 1.04. The summed E-state index contributed by atoms with van der Waals surface area (Å²) in [5.41, 5.74) is 8.59. The van der Waals surface area contributed by atoms with Crippen LogP contribution in [0.15, 0.2) is 28.2 Å². The van der Waals surface area contributed by atoms with E-state index in [2.05, 4.69) is 23.2 Å². The molecule has 0 aliphatic carbocycles. The molecule has 1 aromatic carbocycles. The number of aryl methyl sites for hydroxylation is 2. The van der Waals surface area contributed by atoms with Crippen molar-refractivity contribution in [2.45, 2.75) is 32.4 Å². The van der Waals surface area contributed by atoms with Crippen molar-refractivity contribution in [3.8, 4) is 0 Å². The van der Waals surface area contributed by atoms with Crippen LogP contribution in [-0.2, 0) is 10.5 Å². The maximum absolute atomic E-state index is 12.4. The predicted octanol–water partition coefficient (Wildman–Crippen LogP) is 1.32. The van der Waals surface area contributed by atoms with Gasteiger partial charge in [0.25, 0.3) is 0 Å². The molecule has 1 unspecified atom stereocenters. The highest BCUT2D eigenvalue weighted by Crippen LogP contribution is 2.44. The number of fused-ring (bicyclic) bond motifs is 1. The highest BCUT2D eigenvalue weighted by molar-refractivity contribution is 6.06. The second-order valence-corrected chi connectivity index (χ2v) is 6.14. The van der Waals surface area contributed by atoms with Crippen LogP contribution < -0.4 is 5.73 Å². The van der Waals surface area contributed by atoms with Crippen molar-refractivity contribution in [1.29, 1.82) is 0 Å². The zero-order valence-corrected chi connectivity index (χ0v) is 13.4. The second-order valence-electron chi connectivity index (χ2n) is 6.14. The maximum atomic E-state index is 12.4. The lowest BCUT2D eigenvalue weighted by Gasteiger charge is -2.39. The summed E-state index contributed by atoms with van der Waals surface area (Å²) in [5.74, 6) is 0.746. The number of carbonyl (C=O) groups is 1. The van der Waals surface area contributed by atoms with Crippen LogP contribution in [0.5, 0.6) is 0 Å². The Hall–Kier alpha value is -2.37. The zero-order valence-electron chi connectivity index (χ0n) is 13.4. The molecular weight excluding hydrogens is 278 g/mol. The monoisotopic (exact) mass is 299 g/mol. The number of guanidine groups is 2. The average molecular weight is 299 g/mol. The Labute approximate surface area is 130 Å². The molecular formula is C16H21N5O. The van der Waals surface area contributed by atoms with Gasteiger partial charge in [0, 0.05) is 32.5 Å². The van der Waals surface area contributed by atoms with Crippen LogP contribution in [0.2, 0.25) is 0 Å². The largest absolute Gasteiger partial charge is 0.369 e. The number of hydrogen-bond donors (Lipinski definition) is 1. The summed E-state index contributed by atoms with van der Waals surface area (Å²) in [7, 11) is 3.75. The smallest absolute Gasteiger partial charge is 0.231 e. The molecule has 1 amide bonds. The van der Waals surface area contributed by atoms with Crippen molar-refractivity contribution in [1.82, 2.24) is 9.80 Å². The number of nitrogens with zero attached hydrogens (tertiary/aromatic N) is 4. The summed E-state index contributed by atoms with van der Waals surface area (Å²) in [4.78, 5) is 24.8. The first kappa shape index (κ1) is 14.6. The minimum atomic E-state index is -0.765. The van der Waals surface area contributed by atoms with E-state index in [1.807, 2.05) is 32.8 Å². The first-order chi connectivity index (χ1) is 10.3. The van der Waals surface area contributed by atoms with Gasteiger partial charge in [0.1, 0.15) is 0 Å². The summed E-state index contributed by atoms with van der Waals surface area (Å²) in [6.45, 7) is 4.08.